The second kappa shape index (κ2) is 11.1. The van der Waals surface area contributed by atoms with Crippen LogP contribution >= 0.6 is 0 Å². The molecule has 1 aromatic heterocycles. The number of guanidine groups is 1. The summed E-state index contributed by atoms with van der Waals surface area (Å²) in [4.78, 5) is 11.9. The van der Waals surface area contributed by atoms with E-state index >= 15 is 0 Å². The molecule has 162 valence electrons. The fourth-order valence-corrected chi connectivity index (χ4v) is 3.97. The zero-order valence-electron chi connectivity index (χ0n) is 18.8. The zero-order valence-corrected chi connectivity index (χ0v) is 18.8. The molecular formula is C25H37N5. The highest BCUT2D eigenvalue weighted by molar-refractivity contribution is 5.80. The molecule has 0 amide bonds. The van der Waals surface area contributed by atoms with Crippen molar-refractivity contribution in [1.29, 1.82) is 0 Å². The van der Waals surface area contributed by atoms with E-state index < -0.39 is 0 Å². The average molecular weight is 408 g/mol. The van der Waals surface area contributed by atoms with E-state index in [2.05, 4.69) is 83.8 Å². The van der Waals surface area contributed by atoms with Crippen molar-refractivity contribution in [2.75, 3.05) is 26.2 Å². The molecule has 1 aliphatic heterocycles. The average Bonchev–Trinajstić information content (AvgIpc) is 2.75. The van der Waals surface area contributed by atoms with Crippen LogP contribution in [0, 0.1) is 5.41 Å². The van der Waals surface area contributed by atoms with Crippen molar-refractivity contribution < 1.29 is 0 Å². The Kier molecular flexibility index (Phi) is 8.26. The third-order valence-electron chi connectivity index (χ3n) is 5.58. The molecule has 0 spiro atoms. The van der Waals surface area contributed by atoms with Crippen LogP contribution in [0.4, 0.5) is 0 Å². The van der Waals surface area contributed by atoms with E-state index in [1.54, 1.807) is 0 Å². The Balaban J connectivity index is 1.49. The third-order valence-corrected chi connectivity index (χ3v) is 5.58. The maximum atomic E-state index is 4.93. The molecule has 5 heteroatoms. The number of aliphatic imine (C=N–C) groups is 1. The highest BCUT2D eigenvalue weighted by atomic mass is 15.2. The number of piperidine rings is 1. The van der Waals surface area contributed by atoms with Crippen LogP contribution in [-0.2, 0) is 13.0 Å². The number of benzene rings is 1. The number of nitrogens with zero attached hydrogens (tertiary/aromatic N) is 3. The molecule has 1 saturated heterocycles. The van der Waals surface area contributed by atoms with E-state index in [9.17, 15) is 0 Å². The predicted molar refractivity (Wildman–Crippen MR) is 126 cm³/mol. The Morgan fingerprint density at radius 3 is 2.50 bits per heavy atom. The van der Waals surface area contributed by atoms with Crippen molar-refractivity contribution in [2.45, 2.75) is 52.6 Å². The smallest absolute Gasteiger partial charge is 0.191 e. The molecule has 2 aromatic rings. The molecule has 3 rings (SSSR count). The summed E-state index contributed by atoms with van der Waals surface area (Å²) in [7, 11) is 0. The monoisotopic (exact) mass is 407 g/mol. The molecule has 1 aromatic carbocycles. The van der Waals surface area contributed by atoms with Crippen molar-refractivity contribution >= 4 is 5.96 Å². The maximum absolute atomic E-state index is 4.93. The van der Waals surface area contributed by atoms with Crippen LogP contribution in [0.15, 0.2) is 59.7 Å². The SMILES string of the molecule is CCNC(=NCC(C)(C)Cc1ccccc1)NC1CCN(Cc2ccccn2)CC1. The first-order valence-corrected chi connectivity index (χ1v) is 11.2. The van der Waals surface area contributed by atoms with Gasteiger partial charge in [-0.15, -0.1) is 0 Å². The van der Waals surface area contributed by atoms with Gasteiger partial charge in [-0.2, -0.15) is 0 Å². The van der Waals surface area contributed by atoms with Gasteiger partial charge in [0.25, 0.3) is 0 Å². The van der Waals surface area contributed by atoms with Gasteiger partial charge in [-0.3, -0.25) is 14.9 Å². The molecule has 5 nitrogen and oxygen atoms in total. The van der Waals surface area contributed by atoms with E-state index in [4.69, 9.17) is 4.99 Å². The minimum atomic E-state index is 0.121. The molecule has 0 radical (unpaired) electrons. The fraction of sp³-hybridized carbons (Fsp3) is 0.520. The Bertz CT molecular complexity index is 765. The van der Waals surface area contributed by atoms with E-state index in [1.807, 2.05) is 12.3 Å². The molecule has 0 aliphatic carbocycles. The minimum absolute atomic E-state index is 0.121. The summed E-state index contributed by atoms with van der Waals surface area (Å²) < 4.78 is 0. The second-order valence-corrected chi connectivity index (χ2v) is 9.04. The highest BCUT2D eigenvalue weighted by Gasteiger charge is 2.22. The maximum Gasteiger partial charge on any atom is 0.191 e. The van der Waals surface area contributed by atoms with Gasteiger partial charge in [0, 0.05) is 45.0 Å². The van der Waals surface area contributed by atoms with Crippen molar-refractivity contribution in [3.8, 4) is 0 Å². The van der Waals surface area contributed by atoms with Crippen LogP contribution < -0.4 is 10.6 Å². The lowest BCUT2D eigenvalue weighted by Gasteiger charge is -2.33. The van der Waals surface area contributed by atoms with Crippen LogP contribution in [0.25, 0.3) is 0 Å². The third kappa shape index (κ3) is 7.45. The molecule has 2 N–H and O–H groups in total. The van der Waals surface area contributed by atoms with Crippen LogP contribution in [-0.4, -0.2) is 48.1 Å². The number of nitrogens with one attached hydrogen (secondary N) is 2. The predicted octanol–water partition coefficient (Wildman–Crippen LogP) is 3.87. The van der Waals surface area contributed by atoms with Gasteiger partial charge in [-0.25, -0.2) is 0 Å². The lowest BCUT2D eigenvalue weighted by atomic mass is 9.86. The van der Waals surface area contributed by atoms with E-state index in [0.717, 1.165) is 63.6 Å². The summed E-state index contributed by atoms with van der Waals surface area (Å²) in [5, 5.41) is 7.11. The summed E-state index contributed by atoms with van der Waals surface area (Å²) in [6, 6.07) is 17.3. The van der Waals surface area contributed by atoms with E-state index in [1.165, 1.54) is 5.56 Å². The van der Waals surface area contributed by atoms with Gasteiger partial charge in [0.05, 0.1) is 5.69 Å². The lowest BCUT2D eigenvalue weighted by molar-refractivity contribution is 0.196. The van der Waals surface area contributed by atoms with Gasteiger partial charge < -0.3 is 10.6 Å². The highest BCUT2D eigenvalue weighted by Crippen LogP contribution is 2.22. The molecule has 0 unspecified atom stereocenters. The Morgan fingerprint density at radius 2 is 1.83 bits per heavy atom. The summed E-state index contributed by atoms with van der Waals surface area (Å²) in [5.41, 5.74) is 2.64. The van der Waals surface area contributed by atoms with Gasteiger partial charge >= 0.3 is 0 Å². The molecule has 0 bridgehead atoms. The zero-order chi connectivity index (χ0) is 21.2. The van der Waals surface area contributed by atoms with E-state index in [-0.39, 0.29) is 5.41 Å². The Labute approximate surface area is 182 Å². The molecule has 1 aliphatic rings. The number of aromatic nitrogens is 1. The van der Waals surface area contributed by atoms with Crippen molar-refractivity contribution in [2.24, 2.45) is 10.4 Å². The van der Waals surface area contributed by atoms with Gasteiger partial charge in [0.15, 0.2) is 5.96 Å². The summed E-state index contributed by atoms with van der Waals surface area (Å²) in [6.07, 6.45) is 5.17. The largest absolute Gasteiger partial charge is 0.357 e. The van der Waals surface area contributed by atoms with Crippen LogP contribution in [0.2, 0.25) is 0 Å². The van der Waals surface area contributed by atoms with Crippen LogP contribution in [0.1, 0.15) is 44.9 Å². The van der Waals surface area contributed by atoms with Crippen LogP contribution in [0.3, 0.4) is 0 Å². The van der Waals surface area contributed by atoms with Crippen LogP contribution in [0.5, 0.6) is 0 Å². The molecule has 30 heavy (non-hydrogen) atoms. The van der Waals surface area contributed by atoms with Crippen molar-refractivity contribution in [3.63, 3.8) is 0 Å². The van der Waals surface area contributed by atoms with Crippen molar-refractivity contribution in [1.82, 2.24) is 20.5 Å². The van der Waals surface area contributed by atoms with Gasteiger partial charge in [0.2, 0.25) is 0 Å². The Morgan fingerprint density at radius 1 is 1.10 bits per heavy atom. The molecule has 0 atom stereocenters. The number of pyridine rings is 1. The first-order chi connectivity index (χ1) is 14.5. The first kappa shape index (κ1) is 22.3. The second-order valence-electron chi connectivity index (χ2n) is 9.04. The normalized spacial score (nSPS) is 16.4. The first-order valence-electron chi connectivity index (χ1n) is 11.2. The summed E-state index contributed by atoms with van der Waals surface area (Å²) >= 11 is 0. The number of rotatable bonds is 8. The number of hydrogen-bond acceptors (Lipinski definition) is 3. The van der Waals surface area contributed by atoms with Gasteiger partial charge in [-0.05, 0) is 49.3 Å². The van der Waals surface area contributed by atoms with E-state index in [0.29, 0.717) is 6.04 Å². The lowest BCUT2D eigenvalue weighted by Crippen LogP contribution is -2.48. The number of hydrogen-bond donors (Lipinski definition) is 2. The quantitative estimate of drug-likeness (QED) is 0.515. The number of likely N-dealkylation sites (tertiary alicyclic amines) is 1. The standard InChI is InChI=1S/C25H37N5/c1-4-26-24(28-20-25(2,3)18-21-10-6-5-7-11-21)29-22-13-16-30(17-14-22)19-23-12-8-9-15-27-23/h5-12,15,22H,4,13-14,16-20H2,1-3H3,(H2,26,28,29). The topological polar surface area (TPSA) is 52.6 Å². The summed E-state index contributed by atoms with van der Waals surface area (Å²) in [5.74, 6) is 0.946. The molecular weight excluding hydrogens is 370 g/mol. The summed E-state index contributed by atoms with van der Waals surface area (Å²) in [6.45, 7) is 11.5. The Hall–Kier alpha value is -2.40. The van der Waals surface area contributed by atoms with Gasteiger partial charge in [-0.1, -0.05) is 50.2 Å². The molecule has 2 heterocycles. The van der Waals surface area contributed by atoms with Gasteiger partial charge in [0.1, 0.15) is 0 Å². The van der Waals surface area contributed by atoms with Crippen molar-refractivity contribution in [3.05, 3.63) is 66.0 Å². The fourth-order valence-electron chi connectivity index (χ4n) is 3.97. The molecule has 0 saturated carbocycles. The minimum Gasteiger partial charge on any atom is -0.357 e. The molecule has 1 fully saturated rings.